The van der Waals surface area contributed by atoms with E-state index in [2.05, 4.69) is 17.2 Å². The molecule has 7 heteroatoms. The molecule has 1 aromatic heterocycles. The number of hydrogen-bond acceptors (Lipinski definition) is 3. The van der Waals surface area contributed by atoms with Gasteiger partial charge in [-0.2, -0.15) is 0 Å². The third-order valence-electron chi connectivity index (χ3n) is 5.31. The first kappa shape index (κ1) is 20.4. The van der Waals surface area contributed by atoms with Crippen molar-refractivity contribution in [2.75, 3.05) is 13.1 Å². The normalized spacial score (nSPS) is 14.9. The van der Waals surface area contributed by atoms with Gasteiger partial charge in [0.1, 0.15) is 5.82 Å². The molecule has 0 aliphatic carbocycles. The van der Waals surface area contributed by atoms with Gasteiger partial charge in [0.15, 0.2) is 0 Å². The average Bonchev–Trinajstić information content (AvgIpc) is 3.19. The van der Waals surface area contributed by atoms with Gasteiger partial charge in [0, 0.05) is 62.4 Å². The SMILES string of the molecule is CCc1nccn1CCC(=O)N1CCC(C(=O)NCc2ccccc2Cl)CC1. The highest BCUT2D eigenvalue weighted by atomic mass is 35.5. The Morgan fingerprint density at radius 3 is 2.71 bits per heavy atom. The van der Waals surface area contributed by atoms with Gasteiger partial charge in [0.05, 0.1) is 0 Å². The predicted molar refractivity (Wildman–Crippen MR) is 109 cm³/mol. The summed E-state index contributed by atoms with van der Waals surface area (Å²) in [6.07, 6.45) is 6.41. The summed E-state index contributed by atoms with van der Waals surface area (Å²) in [4.78, 5) is 31.1. The summed E-state index contributed by atoms with van der Waals surface area (Å²) in [5.41, 5.74) is 0.913. The summed E-state index contributed by atoms with van der Waals surface area (Å²) < 4.78 is 2.03. The van der Waals surface area contributed by atoms with Crippen LogP contribution in [-0.4, -0.2) is 39.4 Å². The summed E-state index contributed by atoms with van der Waals surface area (Å²) in [6.45, 7) is 4.41. The monoisotopic (exact) mass is 402 g/mol. The Morgan fingerprint density at radius 1 is 1.25 bits per heavy atom. The third kappa shape index (κ3) is 5.13. The lowest BCUT2D eigenvalue weighted by atomic mass is 9.95. The molecule has 150 valence electrons. The molecule has 28 heavy (non-hydrogen) atoms. The van der Waals surface area contributed by atoms with E-state index in [1.807, 2.05) is 39.9 Å². The smallest absolute Gasteiger partial charge is 0.224 e. The minimum Gasteiger partial charge on any atom is -0.352 e. The van der Waals surface area contributed by atoms with E-state index in [0.29, 0.717) is 50.5 Å². The fourth-order valence-electron chi connectivity index (χ4n) is 3.59. The van der Waals surface area contributed by atoms with Gasteiger partial charge in [0.25, 0.3) is 0 Å². The average molecular weight is 403 g/mol. The summed E-state index contributed by atoms with van der Waals surface area (Å²) in [7, 11) is 0. The number of halogens is 1. The first-order chi connectivity index (χ1) is 13.6. The second kappa shape index (κ2) is 9.73. The van der Waals surface area contributed by atoms with E-state index in [9.17, 15) is 9.59 Å². The number of carbonyl (C=O) groups is 2. The van der Waals surface area contributed by atoms with Crippen LogP contribution in [0.25, 0.3) is 0 Å². The number of carbonyl (C=O) groups excluding carboxylic acids is 2. The van der Waals surface area contributed by atoms with Crippen LogP contribution in [-0.2, 0) is 29.1 Å². The van der Waals surface area contributed by atoms with Crippen molar-refractivity contribution in [3.63, 3.8) is 0 Å². The van der Waals surface area contributed by atoms with Gasteiger partial charge in [0.2, 0.25) is 11.8 Å². The number of aromatic nitrogens is 2. The van der Waals surface area contributed by atoms with E-state index in [0.717, 1.165) is 17.8 Å². The Labute approximate surface area is 170 Å². The lowest BCUT2D eigenvalue weighted by molar-refractivity contribution is -0.135. The van der Waals surface area contributed by atoms with Crippen molar-refractivity contribution in [2.45, 2.75) is 45.7 Å². The van der Waals surface area contributed by atoms with Gasteiger partial charge in [-0.05, 0) is 24.5 Å². The van der Waals surface area contributed by atoms with Gasteiger partial charge >= 0.3 is 0 Å². The quantitative estimate of drug-likeness (QED) is 0.774. The number of hydrogen-bond donors (Lipinski definition) is 1. The topological polar surface area (TPSA) is 67.2 Å². The number of nitrogens with zero attached hydrogens (tertiary/aromatic N) is 3. The molecule has 0 radical (unpaired) electrons. The molecule has 2 heterocycles. The highest BCUT2D eigenvalue weighted by Crippen LogP contribution is 2.19. The van der Waals surface area contributed by atoms with Gasteiger partial charge in [-0.3, -0.25) is 9.59 Å². The molecule has 2 amide bonds. The summed E-state index contributed by atoms with van der Waals surface area (Å²) in [5.74, 6) is 1.14. The minimum atomic E-state index is -0.0492. The van der Waals surface area contributed by atoms with E-state index < -0.39 is 0 Å². The molecule has 0 saturated carbocycles. The van der Waals surface area contributed by atoms with Crippen LogP contribution >= 0.6 is 11.6 Å². The molecule has 6 nitrogen and oxygen atoms in total. The maximum atomic E-state index is 12.5. The molecule has 0 bridgehead atoms. The number of amides is 2. The minimum absolute atomic E-state index is 0.0398. The predicted octanol–water partition coefficient (Wildman–Crippen LogP) is 3.04. The number of nitrogens with one attached hydrogen (secondary N) is 1. The van der Waals surface area contributed by atoms with Crippen molar-refractivity contribution in [3.8, 4) is 0 Å². The fraction of sp³-hybridized carbons (Fsp3) is 0.476. The molecule has 1 aromatic carbocycles. The second-order valence-corrected chi connectivity index (χ2v) is 7.51. The molecule has 3 rings (SSSR count). The van der Waals surface area contributed by atoms with Crippen LogP contribution in [0.5, 0.6) is 0 Å². The standard InChI is InChI=1S/C21H27ClN4O2/c1-2-19-23-10-14-25(19)13-9-20(27)26-11-7-16(8-12-26)21(28)24-15-17-5-3-4-6-18(17)22/h3-6,10,14,16H,2,7-9,11-13,15H2,1H3,(H,24,28). The molecule has 2 aromatic rings. The Bertz CT molecular complexity index is 812. The number of piperidine rings is 1. The Balaban J connectivity index is 1.41. The first-order valence-corrected chi connectivity index (χ1v) is 10.2. The number of benzene rings is 1. The Morgan fingerprint density at radius 2 is 2.00 bits per heavy atom. The van der Waals surface area contributed by atoms with Crippen LogP contribution in [0, 0.1) is 5.92 Å². The van der Waals surface area contributed by atoms with E-state index in [1.54, 1.807) is 6.20 Å². The molecule has 1 aliphatic rings. The second-order valence-electron chi connectivity index (χ2n) is 7.10. The molecule has 0 unspecified atom stereocenters. The maximum absolute atomic E-state index is 12.5. The number of imidazole rings is 1. The molecular formula is C21H27ClN4O2. The van der Waals surface area contributed by atoms with Crippen molar-refractivity contribution in [1.29, 1.82) is 0 Å². The zero-order valence-electron chi connectivity index (χ0n) is 16.2. The van der Waals surface area contributed by atoms with Crippen molar-refractivity contribution in [1.82, 2.24) is 19.8 Å². The lowest BCUT2D eigenvalue weighted by Gasteiger charge is -2.31. The fourth-order valence-corrected chi connectivity index (χ4v) is 3.79. The van der Waals surface area contributed by atoms with Crippen LogP contribution in [0.4, 0.5) is 0 Å². The summed E-state index contributed by atoms with van der Waals surface area (Å²) in [6, 6.07) is 7.51. The molecule has 1 fully saturated rings. The lowest BCUT2D eigenvalue weighted by Crippen LogP contribution is -2.43. The molecular weight excluding hydrogens is 376 g/mol. The van der Waals surface area contributed by atoms with Crippen LogP contribution in [0.1, 0.15) is 37.6 Å². The van der Waals surface area contributed by atoms with E-state index >= 15 is 0 Å². The number of likely N-dealkylation sites (tertiary alicyclic amines) is 1. The third-order valence-corrected chi connectivity index (χ3v) is 5.68. The van der Waals surface area contributed by atoms with Crippen molar-refractivity contribution in [3.05, 3.63) is 53.1 Å². The Hall–Kier alpha value is -2.34. The van der Waals surface area contributed by atoms with Gasteiger partial charge in [-0.1, -0.05) is 36.7 Å². The maximum Gasteiger partial charge on any atom is 0.224 e. The highest BCUT2D eigenvalue weighted by Gasteiger charge is 2.27. The highest BCUT2D eigenvalue weighted by molar-refractivity contribution is 6.31. The van der Waals surface area contributed by atoms with Crippen molar-refractivity contribution >= 4 is 23.4 Å². The van der Waals surface area contributed by atoms with Gasteiger partial charge in [-0.15, -0.1) is 0 Å². The largest absolute Gasteiger partial charge is 0.352 e. The first-order valence-electron chi connectivity index (χ1n) is 9.87. The van der Waals surface area contributed by atoms with Crippen molar-refractivity contribution in [2.24, 2.45) is 5.92 Å². The molecule has 0 spiro atoms. The zero-order valence-corrected chi connectivity index (χ0v) is 17.0. The van der Waals surface area contributed by atoms with E-state index in [4.69, 9.17) is 11.6 Å². The van der Waals surface area contributed by atoms with Crippen LogP contribution in [0.3, 0.4) is 0 Å². The molecule has 1 saturated heterocycles. The summed E-state index contributed by atoms with van der Waals surface area (Å²) >= 11 is 6.13. The van der Waals surface area contributed by atoms with Gasteiger partial charge in [-0.25, -0.2) is 4.98 Å². The van der Waals surface area contributed by atoms with Gasteiger partial charge < -0.3 is 14.8 Å². The number of aryl methyl sites for hydroxylation is 2. The molecule has 1 N–H and O–H groups in total. The number of rotatable bonds is 7. The Kier molecular flexibility index (Phi) is 7.09. The van der Waals surface area contributed by atoms with Crippen LogP contribution in [0.2, 0.25) is 5.02 Å². The van der Waals surface area contributed by atoms with Crippen LogP contribution < -0.4 is 5.32 Å². The van der Waals surface area contributed by atoms with E-state index in [-0.39, 0.29) is 17.7 Å². The summed E-state index contributed by atoms with van der Waals surface area (Å²) in [5, 5.41) is 3.63. The van der Waals surface area contributed by atoms with Crippen LogP contribution in [0.15, 0.2) is 36.7 Å². The van der Waals surface area contributed by atoms with E-state index in [1.165, 1.54) is 0 Å². The zero-order chi connectivity index (χ0) is 19.9. The molecule has 0 atom stereocenters. The molecule has 1 aliphatic heterocycles. The van der Waals surface area contributed by atoms with Crippen molar-refractivity contribution < 1.29 is 9.59 Å².